The summed E-state index contributed by atoms with van der Waals surface area (Å²) in [5.41, 5.74) is 11.6. The highest BCUT2D eigenvalue weighted by Gasteiger charge is 2.10. The normalized spacial score (nSPS) is 19.2. The number of nitrogens with two attached hydrogens (primary N) is 1. The van der Waals surface area contributed by atoms with Crippen LogP contribution in [-0.2, 0) is 0 Å². The fourth-order valence-electron chi connectivity index (χ4n) is 2.89. The van der Waals surface area contributed by atoms with E-state index in [1.165, 1.54) is 6.08 Å². The van der Waals surface area contributed by atoms with E-state index in [-0.39, 0.29) is 5.70 Å². The molecule has 1 aliphatic carbocycles. The van der Waals surface area contributed by atoms with Crippen LogP contribution in [0.2, 0.25) is 0 Å². The zero-order chi connectivity index (χ0) is 18.5. The summed E-state index contributed by atoms with van der Waals surface area (Å²) in [4.78, 5) is 3.90. The van der Waals surface area contributed by atoms with E-state index in [1.807, 2.05) is 61.6 Å². The Bertz CT molecular complexity index is 894. The highest BCUT2D eigenvalue weighted by Crippen LogP contribution is 2.27. The molecular formula is C22H22FN3. The lowest BCUT2D eigenvalue weighted by molar-refractivity contribution is 0.665. The van der Waals surface area contributed by atoms with Crippen molar-refractivity contribution in [3.05, 3.63) is 94.8 Å². The van der Waals surface area contributed by atoms with Crippen molar-refractivity contribution in [1.82, 2.24) is 5.32 Å². The number of nitrogens with one attached hydrogen (secondary N) is 1. The van der Waals surface area contributed by atoms with E-state index in [0.29, 0.717) is 12.0 Å². The summed E-state index contributed by atoms with van der Waals surface area (Å²) >= 11 is 0. The highest BCUT2D eigenvalue weighted by molar-refractivity contribution is 5.78. The molecule has 0 amide bonds. The Morgan fingerprint density at radius 1 is 1.23 bits per heavy atom. The predicted octanol–water partition coefficient (Wildman–Crippen LogP) is 4.99. The number of aliphatic imine (C=N–C) groups is 1. The molecule has 3 N–H and O–H groups in total. The molecule has 0 saturated heterocycles. The van der Waals surface area contributed by atoms with Crippen molar-refractivity contribution in [2.75, 3.05) is 0 Å². The third-order valence-electron chi connectivity index (χ3n) is 4.29. The van der Waals surface area contributed by atoms with E-state index in [2.05, 4.69) is 17.0 Å². The maximum Gasteiger partial charge on any atom is 0.151 e. The molecule has 0 unspecified atom stereocenters. The molecule has 0 saturated carbocycles. The second kappa shape index (κ2) is 7.83. The van der Waals surface area contributed by atoms with Gasteiger partial charge in [-0.25, -0.2) is 4.39 Å². The minimum absolute atomic E-state index is 0.241. The highest BCUT2D eigenvalue weighted by atomic mass is 19.1. The molecule has 1 heterocycles. The lowest BCUT2D eigenvalue weighted by atomic mass is 10.0. The van der Waals surface area contributed by atoms with E-state index in [9.17, 15) is 4.39 Å². The summed E-state index contributed by atoms with van der Waals surface area (Å²) in [7, 11) is 0. The van der Waals surface area contributed by atoms with Crippen LogP contribution in [0.5, 0.6) is 0 Å². The molecule has 0 radical (unpaired) electrons. The maximum atomic E-state index is 14.6. The SMILES string of the molecule is C=N/C(=C(F)\C=C1/CC=C(C)N1)c1ccc(C2=CC=C(N)CC=C2)cc1. The molecule has 2 aliphatic rings. The van der Waals surface area contributed by atoms with Gasteiger partial charge in [0.2, 0.25) is 0 Å². The van der Waals surface area contributed by atoms with Gasteiger partial charge in [-0.1, -0.05) is 48.6 Å². The lowest BCUT2D eigenvalue weighted by Crippen LogP contribution is -2.03. The number of rotatable bonds is 4. The molecular weight excluding hydrogens is 325 g/mol. The average molecular weight is 347 g/mol. The van der Waals surface area contributed by atoms with Crippen LogP contribution in [0, 0.1) is 0 Å². The van der Waals surface area contributed by atoms with Gasteiger partial charge < -0.3 is 11.1 Å². The van der Waals surface area contributed by atoms with Crippen molar-refractivity contribution < 1.29 is 4.39 Å². The van der Waals surface area contributed by atoms with E-state index < -0.39 is 5.83 Å². The van der Waals surface area contributed by atoms with Gasteiger partial charge in [-0.15, -0.1) is 0 Å². The number of halogens is 1. The Morgan fingerprint density at radius 2 is 2.00 bits per heavy atom. The molecule has 1 aromatic rings. The third kappa shape index (κ3) is 4.09. The number of nitrogens with zero attached hydrogens (tertiary/aromatic N) is 1. The Kier molecular flexibility index (Phi) is 5.32. The van der Waals surface area contributed by atoms with Gasteiger partial charge in [0.25, 0.3) is 0 Å². The Balaban J connectivity index is 1.87. The van der Waals surface area contributed by atoms with Crippen molar-refractivity contribution in [3.63, 3.8) is 0 Å². The van der Waals surface area contributed by atoms with E-state index in [0.717, 1.165) is 34.6 Å². The van der Waals surface area contributed by atoms with Crippen molar-refractivity contribution in [3.8, 4) is 0 Å². The first-order valence-electron chi connectivity index (χ1n) is 8.51. The van der Waals surface area contributed by atoms with E-state index in [1.54, 1.807) is 0 Å². The summed E-state index contributed by atoms with van der Waals surface area (Å²) < 4.78 is 14.6. The number of hydrogen-bond acceptors (Lipinski definition) is 3. The zero-order valence-corrected chi connectivity index (χ0v) is 14.8. The fourth-order valence-corrected chi connectivity index (χ4v) is 2.89. The first kappa shape index (κ1) is 17.7. The van der Waals surface area contributed by atoms with Crippen molar-refractivity contribution in [1.29, 1.82) is 0 Å². The molecule has 1 aromatic carbocycles. The van der Waals surface area contributed by atoms with Gasteiger partial charge in [0.15, 0.2) is 5.83 Å². The molecule has 3 rings (SSSR count). The summed E-state index contributed by atoms with van der Waals surface area (Å²) in [6.45, 7) is 5.48. The first-order chi connectivity index (χ1) is 12.6. The summed E-state index contributed by atoms with van der Waals surface area (Å²) in [6, 6.07) is 7.61. The molecule has 0 aromatic heterocycles. The number of benzene rings is 1. The van der Waals surface area contributed by atoms with Gasteiger partial charge in [0, 0.05) is 35.5 Å². The van der Waals surface area contributed by atoms with Crippen LogP contribution in [-0.4, -0.2) is 6.72 Å². The number of hydrogen-bond donors (Lipinski definition) is 2. The molecule has 0 bridgehead atoms. The van der Waals surface area contributed by atoms with Crippen LogP contribution in [0.1, 0.15) is 30.9 Å². The van der Waals surface area contributed by atoms with Gasteiger partial charge in [-0.05, 0) is 36.9 Å². The van der Waals surface area contributed by atoms with Crippen molar-refractivity contribution in [2.24, 2.45) is 10.7 Å². The summed E-state index contributed by atoms with van der Waals surface area (Å²) in [5, 5.41) is 3.13. The molecule has 1 aliphatic heterocycles. The van der Waals surface area contributed by atoms with Crippen molar-refractivity contribution in [2.45, 2.75) is 19.8 Å². The summed E-state index contributed by atoms with van der Waals surface area (Å²) in [6.07, 6.45) is 12.9. The Hall–Kier alpha value is -3.14. The standard InChI is InChI=1S/C22H22FN3/c1-15-6-13-20(26-15)14-21(23)22(25-2)18-9-7-17(8-10-18)16-4-3-5-19(24)12-11-16/h3-4,6-12,14,26H,2,5,13,24H2,1H3/b20-14+,22-21+. The van der Waals surface area contributed by atoms with Crippen molar-refractivity contribution >= 4 is 18.0 Å². The smallest absolute Gasteiger partial charge is 0.151 e. The van der Waals surface area contributed by atoms with Crippen LogP contribution in [0.4, 0.5) is 4.39 Å². The third-order valence-corrected chi connectivity index (χ3v) is 4.29. The maximum absolute atomic E-state index is 14.6. The largest absolute Gasteiger partial charge is 0.402 e. The van der Waals surface area contributed by atoms with E-state index >= 15 is 0 Å². The summed E-state index contributed by atoms with van der Waals surface area (Å²) in [5.74, 6) is -0.400. The monoisotopic (exact) mass is 347 g/mol. The first-order valence-corrected chi connectivity index (χ1v) is 8.51. The van der Waals surface area contributed by atoms with E-state index in [4.69, 9.17) is 5.73 Å². The lowest BCUT2D eigenvalue weighted by Gasteiger charge is -2.07. The van der Waals surface area contributed by atoms with Gasteiger partial charge in [0.1, 0.15) is 5.70 Å². The van der Waals surface area contributed by atoms with Crippen LogP contribution < -0.4 is 11.1 Å². The molecule has 0 fully saturated rings. The topological polar surface area (TPSA) is 50.4 Å². The van der Waals surface area contributed by atoms with Crippen LogP contribution >= 0.6 is 0 Å². The minimum atomic E-state index is -0.400. The van der Waals surface area contributed by atoms with Crippen LogP contribution in [0.25, 0.3) is 11.3 Å². The molecule has 0 atom stereocenters. The molecule has 0 spiro atoms. The van der Waals surface area contributed by atoms with Gasteiger partial charge in [-0.2, -0.15) is 0 Å². The Labute approximate surface area is 153 Å². The molecule has 26 heavy (non-hydrogen) atoms. The second-order valence-electron chi connectivity index (χ2n) is 6.29. The van der Waals surface area contributed by atoms with Gasteiger partial charge in [-0.3, -0.25) is 4.99 Å². The molecule has 3 nitrogen and oxygen atoms in total. The zero-order valence-electron chi connectivity index (χ0n) is 14.8. The second-order valence-corrected chi connectivity index (χ2v) is 6.29. The Morgan fingerprint density at radius 3 is 2.65 bits per heavy atom. The molecule has 4 heteroatoms. The fraction of sp³-hybridized carbons (Fsp3) is 0.136. The van der Waals surface area contributed by atoms with Gasteiger partial charge >= 0.3 is 0 Å². The van der Waals surface area contributed by atoms with Crippen LogP contribution in [0.15, 0.2) is 88.6 Å². The van der Waals surface area contributed by atoms with Crippen LogP contribution in [0.3, 0.4) is 0 Å². The minimum Gasteiger partial charge on any atom is -0.402 e. The average Bonchev–Trinajstić information content (AvgIpc) is 2.91. The molecule has 132 valence electrons. The number of allylic oxidation sites excluding steroid dienone is 9. The predicted molar refractivity (Wildman–Crippen MR) is 108 cm³/mol. The quantitative estimate of drug-likeness (QED) is 0.754. The van der Waals surface area contributed by atoms with Gasteiger partial charge in [0.05, 0.1) is 0 Å².